The molecule has 1 fully saturated rings. The SMILES string of the molecule is COC(=O)C1(CNC(=O)c2cc(-n3ccnc3)ccc2O)CC1. The molecule has 0 unspecified atom stereocenters. The van der Waals surface area contributed by atoms with E-state index >= 15 is 0 Å². The molecule has 7 nitrogen and oxygen atoms in total. The minimum atomic E-state index is -0.609. The van der Waals surface area contributed by atoms with Gasteiger partial charge in [-0.3, -0.25) is 9.59 Å². The Labute approximate surface area is 132 Å². The normalized spacial score (nSPS) is 15.0. The third-order valence-electron chi connectivity index (χ3n) is 4.09. The number of nitrogens with one attached hydrogen (secondary N) is 1. The van der Waals surface area contributed by atoms with E-state index in [1.165, 1.54) is 13.2 Å². The number of phenols is 1. The number of ether oxygens (including phenoxy) is 1. The molecule has 0 spiro atoms. The molecule has 1 aliphatic carbocycles. The van der Waals surface area contributed by atoms with E-state index in [0.717, 1.165) is 0 Å². The molecule has 1 amide bonds. The molecule has 0 aliphatic heterocycles. The lowest BCUT2D eigenvalue weighted by Crippen LogP contribution is -2.34. The molecule has 0 saturated heterocycles. The molecule has 120 valence electrons. The Morgan fingerprint density at radius 3 is 2.83 bits per heavy atom. The number of carbonyl (C=O) groups is 2. The summed E-state index contributed by atoms with van der Waals surface area (Å²) in [6.07, 6.45) is 6.36. The van der Waals surface area contributed by atoms with Gasteiger partial charge in [0.15, 0.2) is 0 Å². The van der Waals surface area contributed by atoms with Crippen LogP contribution < -0.4 is 5.32 Å². The van der Waals surface area contributed by atoms with Gasteiger partial charge in [-0.2, -0.15) is 0 Å². The second-order valence-corrected chi connectivity index (χ2v) is 5.63. The number of amides is 1. The van der Waals surface area contributed by atoms with Crippen LogP contribution in [0.5, 0.6) is 5.75 Å². The zero-order valence-electron chi connectivity index (χ0n) is 12.7. The predicted molar refractivity (Wildman–Crippen MR) is 81.2 cm³/mol. The van der Waals surface area contributed by atoms with Crippen molar-refractivity contribution in [3.8, 4) is 11.4 Å². The summed E-state index contributed by atoms with van der Waals surface area (Å²) in [5, 5.41) is 12.6. The zero-order chi connectivity index (χ0) is 16.4. The quantitative estimate of drug-likeness (QED) is 0.810. The lowest BCUT2D eigenvalue weighted by Gasteiger charge is -2.14. The van der Waals surface area contributed by atoms with Gasteiger partial charge in [0.2, 0.25) is 0 Å². The minimum Gasteiger partial charge on any atom is -0.507 e. The largest absolute Gasteiger partial charge is 0.507 e. The minimum absolute atomic E-state index is 0.116. The highest BCUT2D eigenvalue weighted by Crippen LogP contribution is 2.46. The number of aromatic nitrogens is 2. The van der Waals surface area contributed by atoms with E-state index in [0.29, 0.717) is 18.5 Å². The van der Waals surface area contributed by atoms with Crippen LogP contribution in [0, 0.1) is 5.41 Å². The highest BCUT2D eigenvalue weighted by atomic mass is 16.5. The average Bonchev–Trinajstić information content (AvgIpc) is 3.16. The van der Waals surface area contributed by atoms with Crippen LogP contribution in [0.1, 0.15) is 23.2 Å². The van der Waals surface area contributed by atoms with Crippen LogP contribution in [-0.4, -0.2) is 40.2 Å². The number of imidazole rings is 1. The number of methoxy groups -OCH3 is 1. The molecular weight excluding hydrogens is 298 g/mol. The molecule has 1 aromatic carbocycles. The van der Waals surface area contributed by atoms with Crippen molar-refractivity contribution in [3.63, 3.8) is 0 Å². The predicted octanol–water partition coefficient (Wildman–Crippen LogP) is 1.26. The second kappa shape index (κ2) is 5.75. The van der Waals surface area contributed by atoms with Crippen LogP contribution in [0.4, 0.5) is 0 Å². The third-order valence-corrected chi connectivity index (χ3v) is 4.09. The zero-order valence-corrected chi connectivity index (χ0v) is 12.7. The lowest BCUT2D eigenvalue weighted by molar-refractivity contribution is -0.146. The Kier molecular flexibility index (Phi) is 3.77. The van der Waals surface area contributed by atoms with Crippen molar-refractivity contribution in [2.75, 3.05) is 13.7 Å². The fourth-order valence-corrected chi connectivity index (χ4v) is 2.44. The summed E-state index contributed by atoms with van der Waals surface area (Å²) in [7, 11) is 1.34. The van der Waals surface area contributed by atoms with E-state index in [-0.39, 0.29) is 23.8 Å². The highest BCUT2D eigenvalue weighted by molar-refractivity contribution is 5.97. The number of phenolic OH excluding ortho intramolecular Hbond substituents is 1. The van der Waals surface area contributed by atoms with Gasteiger partial charge < -0.3 is 19.7 Å². The monoisotopic (exact) mass is 315 g/mol. The molecule has 1 heterocycles. The Morgan fingerprint density at radius 2 is 2.22 bits per heavy atom. The summed E-state index contributed by atoms with van der Waals surface area (Å²) in [6.45, 7) is 0.202. The molecule has 1 aliphatic rings. The van der Waals surface area contributed by atoms with Crippen molar-refractivity contribution in [2.24, 2.45) is 5.41 Å². The first-order valence-electron chi connectivity index (χ1n) is 7.24. The number of hydrogen-bond acceptors (Lipinski definition) is 5. The molecule has 0 atom stereocenters. The average molecular weight is 315 g/mol. The van der Waals surface area contributed by atoms with Crippen molar-refractivity contribution in [2.45, 2.75) is 12.8 Å². The smallest absolute Gasteiger partial charge is 0.313 e. The first-order valence-corrected chi connectivity index (χ1v) is 7.24. The number of nitrogens with zero attached hydrogens (tertiary/aromatic N) is 2. The van der Waals surface area contributed by atoms with E-state index in [4.69, 9.17) is 4.74 Å². The summed E-state index contributed by atoms with van der Waals surface area (Å²) >= 11 is 0. The molecular formula is C16H17N3O4. The molecule has 3 rings (SSSR count). The highest BCUT2D eigenvalue weighted by Gasteiger charge is 2.51. The van der Waals surface area contributed by atoms with Gasteiger partial charge in [-0.1, -0.05) is 0 Å². The van der Waals surface area contributed by atoms with Crippen molar-refractivity contribution in [1.29, 1.82) is 0 Å². The van der Waals surface area contributed by atoms with Crippen LogP contribution in [-0.2, 0) is 9.53 Å². The van der Waals surface area contributed by atoms with Gasteiger partial charge in [0.25, 0.3) is 5.91 Å². The summed E-state index contributed by atoms with van der Waals surface area (Å²) in [6, 6.07) is 4.71. The van der Waals surface area contributed by atoms with E-state index in [2.05, 4.69) is 10.3 Å². The standard InChI is InChI=1S/C16H17N3O4/c1-23-15(22)16(4-5-16)9-18-14(21)12-8-11(2-3-13(12)20)19-7-6-17-10-19/h2-3,6-8,10,20H,4-5,9H2,1H3,(H,18,21). The fraction of sp³-hybridized carbons (Fsp3) is 0.312. The number of rotatable bonds is 5. The number of benzene rings is 1. The van der Waals surface area contributed by atoms with E-state index in [1.807, 2.05) is 0 Å². The van der Waals surface area contributed by atoms with Crippen LogP contribution in [0.25, 0.3) is 5.69 Å². The number of aromatic hydroxyl groups is 1. The van der Waals surface area contributed by atoms with Crippen molar-refractivity contribution >= 4 is 11.9 Å². The summed E-state index contributed by atoms with van der Waals surface area (Å²) in [4.78, 5) is 28.0. The molecule has 1 saturated carbocycles. The molecule has 7 heteroatoms. The Balaban J connectivity index is 1.75. The van der Waals surface area contributed by atoms with Crippen molar-refractivity contribution < 1.29 is 19.4 Å². The maximum absolute atomic E-state index is 12.3. The van der Waals surface area contributed by atoms with Crippen molar-refractivity contribution in [3.05, 3.63) is 42.5 Å². The van der Waals surface area contributed by atoms with Gasteiger partial charge in [0.05, 0.1) is 24.4 Å². The molecule has 23 heavy (non-hydrogen) atoms. The van der Waals surface area contributed by atoms with Gasteiger partial charge in [-0.05, 0) is 31.0 Å². The molecule has 0 bridgehead atoms. The number of hydrogen-bond donors (Lipinski definition) is 2. The van der Waals surface area contributed by atoms with Gasteiger partial charge in [-0.25, -0.2) is 4.98 Å². The summed E-state index contributed by atoms with van der Waals surface area (Å²) in [5.74, 6) is -0.858. The molecule has 0 radical (unpaired) electrons. The molecule has 2 aromatic rings. The third kappa shape index (κ3) is 2.90. The summed E-state index contributed by atoms with van der Waals surface area (Å²) < 4.78 is 6.49. The molecule has 2 N–H and O–H groups in total. The van der Waals surface area contributed by atoms with Crippen molar-refractivity contribution in [1.82, 2.24) is 14.9 Å². The fourth-order valence-electron chi connectivity index (χ4n) is 2.44. The maximum Gasteiger partial charge on any atom is 0.313 e. The molecule has 1 aromatic heterocycles. The van der Waals surface area contributed by atoms with Gasteiger partial charge in [0, 0.05) is 24.6 Å². The van der Waals surface area contributed by atoms with Gasteiger partial charge in [0.1, 0.15) is 5.75 Å². The van der Waals surface area contributed by atoms with Crippen LogP contribution in [0.3, 0.4) is 0 Å². The van der Waals surface area contributed by atoms with Gasteiger partial charge >= 0.3 is 5.97 Å². The maximum atomic E-state index is 12.3. The van der Waals surface area contributed by atoms with Crippen LogP contribution in [0.2, 0.25) is 0 Å². The Morgan fingerprint density at radius 1 is 1.43 bits per heavy atom. The Bertz CT molecular complexity index is 736. The number of esters is 1. The first kappa shape index (κ1) is 15.1. The van der Waals surface area contributed by atoms with E-state index in [9.17, 15) is 14.7 Å². The number of carbonyl (C=O) groups excluding carboxylic acids is 2. The van der Waals surface area contributed by atoms with Crippen LogP contribution in [0.15, 0.2) is 36.9 Å². The van der Waals surface area contributed by atoms with E-state index < -0.39 is 11.3 Å². The first-order chi connectivity index (χ1) is 11.1. The lowest BCUT2D eigenvalue weighted by atomic mass is 10.1. The Hall–Kier alpha value is -2.83. The summed E-state index contributed by atoms with van der Waals surface area (Å²) in [5.41, 5.74) is 0.249. The topological polar surface area (TPSA) is 93.5 Å². The van der Waals surface area contributed by atoms with E-state index in [1.54, 1.807) is 35.4 Å². The second-order valence-electron chi connectivity index (χ2n) is 5.63. The van der Waals surface area contributed by atoms with Crippen LogP contribution >= 0.6 is 0 Å². The van der Waals surface area contributed by atoms with Gasteiger partial charge in [-0.15, -0.1) is 0 Å².